The molecule has 0 unspecified atom stereocenters. The summed E-state index contributed by atoms with van der Waals surface area (Å²) in [5.41, 5.74) is 0.0933. The Bertz CT molecular complexity index is 488. The summed E-state index contributed by atoms with van der Waals surface area (Å²) in [5.74, 6) is -3.46. The van der Waals surface area contributed by atoms with Crippen LogP contribution in [0, 0.1) is 0 Å². The van der Waals surface area contributed by atoms with Crippen LogP contribution in [0.15, 0.2) is 24.3 Å². The second kappa shape index (κ2) is 6.02. The Morgan fingerprint density at radius 3 is 2.33 bits per heavy atom. The van der Waals surface area contributed by atoms with Gasteiger partial charge in [0.15, 0.2) is 0 Å². The minimum absolute atomic E-state index is 0.0933. The fourth-order valence-electron chi connectivity index (χ4n) is 1.26. The minimum atomic E-state index is -1.49. The van der Waals surface area contributed by atoms with Gasteiger partial charge in [-0.2, -0.15) is 0 Å². The van der Waals surface area contributed by atoms with E-state index < -0.39 is 30.3 Å². The molecule has 18 heavy (non-hydrogen) atoms. The van der Waals surface area contributed by atoms with Gasteiger partial charge in [0.05, 0.1) is 17.0 Å². The van der Waals surface area contributed by atoms with E-state index in [0.29, 0.717) is 0 Å². The van der Waals surface area contributed by atoms with Crippen molar-refractivity contribution in [3.63, 3.8) is 0 Å². The first-order valence-electron chi connectivity index (χ1n) is 4.92. The van der Waals surface area contributed by atoms with Gasteiger partial charge in [0.2, 0.25) is 0 Å². The lowest BCUT2D eigenvalue weighted by Crippen LogP contribution is -2.42. The number of carboxylic acids is 2. The number of rotatable bonds is 5. The van der Waals surface area contributed by atoms with Gasteiger partial charge in [-0.05, 0) is 12.1 Å². The number of carbonyl (C=O) groups is 3. The van der Waals surface area contributed by atoms with E-state index in [2.05, 4.69) is 5.32 Å². The van der Waals surface area contributed by atoms with Crippen molar-refractivity contribution in [2.75, 3.05) is 0 Å². The Hall–Kier alpha value is -2.08. The molecule has 0 saturated carbocycles. The van der Waals surface area contributed by atoms with Crippen LogP contribution >= 0.6 is 11.6 Å². The van der Waals surface area contributed by atoms with E-state index in [1.807, 2.05) is 0 Å². The highest BCUT2D eigenvalue weighted by molar-refractivity contribution is 6.33. The first kappa shape index (κ1) is 14.0. The van der Waals surface area contributed by atoms with Gasteiger partial charge in [-0.15, -0.1) is 0 Å². The topological polar surface area (TPSA) is 104 Å². The third-order valence-corrected chi connectivity index (χ3v) is 2.43. The predicted molar refractivity (Wildman–Crippen MR) is 62.6 cm³/mol. The SMILES string of the molecule is O=C(O)C[C@H](NC(=O)c1ccccc1Cl)C(=O)O. The molecule has 0 aliphatic carbocycles. The molecule has 1 atom stereocenters. The van der Waals surface area contributed by atoms with Crippen molar-refractivity contribution in [3.8, 4) is 0 Å². The van der Waals surface area contributed by atoms with Gasteiger partial charge < -0.3 is 15.5 Å². The maximum Gasteiger partial charge on any atom is 0.326 e. The van der Waals surface area contributed by atoms with Crippen LogP contribution in [0.1, 0.15) is 16.8 Å². The first-order valence-corrected chi connectivity index (χ1v) is 5.29. The molecule has 0 aliphatic heterocycles. The maximum atomic E-state index is 11.7. The number of hydrogen-bond acceptors (Lipinski definition) is 3. The number of benzene rings is 1. The van der Waals surface area contributed by atoms with Gasteiger partial charge in [0.25, 0.3) is 5.91 Å². The predicted octanol–water partition coefficient (Wildman–Crippen LogP) is 0.998. The van der Waals surface area contributed by atoms with Gasteiger partial charge in [-0.25, -0.2) is 4.79 Å². The van der Waals surface area contributed by atoms with E-state index in [4.69, 9.17) is 21.8 Å². The molecular formula is C11H10ClNO5. The molecule has 1 amide bonds. The lowest BCUT2D eigenvalue weighted by molar-refractivity contribution is -0.145. The number of amides is 1. The van der Waals surface area contributed by atoms with Crippen LogP contribution in [0.4, 0.5) is 0 Å². The zero-order valence-electron chi connectivity index (χ0n) is 9.09. The molecule has 7 heteroatoms. The molecule has 0 fully saturated rings. The van der Waals surface area contributed by atoms with Crippen LogP contribution in [0.25, 0.3) is 0 Å². The first-order chi connectivity index (χ1) is 8.41. The average Bonchev–Trinajstić information content (AvgIpc) is 2.27. The molecule has 0 spiro atoms. The zero-order valence-corrected chi connectivity index (χ0v) is 9.85. The third-order valence-electron chi connectivity index (χ3n) is 2.10. The highest BCUT2D eigenvalue weighted by Crippen LogP contribution is 2.14. The summed E-state index contributed by atoms with van der Waals surface area (Å²) in [6.07, 6.45) is -0.703. The normalized spacial score (nSPS) is 11.6. The van der Waals surface area contributed by atoms with Gasteiger partial charge in [0, 0.05) is 0 Å². The number of hydrogen-bond donors (Lipinski definition) is 3. The largest absolute Gasteiger partial charge is 0.481 e. The molecular weight excluding hydrogens is 262 g/mol. The van der Waals surface area contributed by atoms with Crippen LogP contribution in [0.5, 0.6) is 0 Å². The number of aliphatic carboxylic acids is 2. The van der Waals surface area contributed by atoms with Crippen LogP contribution in [0.2, 0.25) is 5.02 Å². The van der Waals surface area contributed by atoms with Gasteiger partial charge >= 0.3 is 11.9 Å². The highest BCUT2D eigenvalue weighted by Gasteiger charge is 2.24. The smallest absolute Gasteiger partial charge is 0.326 e. The molecule has 0 radical (unpaired) electrons. The van der Waals surface area contributed by atoms with Crippen molar-refractivity contribution < 1.29 is 24.6 Å². The van der Waals surface area contributed by atoms with Crippen molar-refractivity contribution in [1.29, 1.82) is 0 Å². The maximum absolute atomic E-state index is 11.7. The third kappa shape index (κ3) is 3.74. The monoisotopic (exact) mass is 271 g/mol. The molecule has 1 rings (SSSR count). The summed E-state index contributed by atoms with van der Waals surface area (Å²) in [4.78, 5) is 32.9. The highest BCUT2D eigenvalue weighted by atomic mass is 35.5. The Kier molecular flexibility index (Phi) is 4.67. The standard InChI is InChI=1S/C11H10ClNO5/c12-7-4-2-1-3-6(7)10(16)13-8(11(17)18)5-9(14)15/h1-4,8H,5H2,(H,13,16)(H,14,15)(H,17,18)/t8-/m0/s1. The Morgan fingerprint density at radius 1 is 1.22 bits per heavy atom. The molecule has 0 heterocycles. The molecule has 0 saturated heterocycles. The molecule has 0 aromatic heterocycles. The van der Waals surface area contributed by atoms with E-state index in [1.165, 1.54) is 12.1 Å². The summed E-state index contributed by atoms with van der Waals surface area (Å²) in [6.45, 7) is 0. The van der Waals surface area contributed by atoms with Gasteiger partial charge in [-0.3, -0.25) is 9.59 Å². The molecule has 0 aliphatic rings. The Morgan fingerprint density at radius 2 is 1.83 bits per heavy atom. The second-order valence-electron chi connectivity index (χ2n) is 3.44. The second-order valence-corrected chi connectivity index (χ2v) is 3.85. The zero-order chi connectivity index (χ0) is 13.7. The van der Waals surface area contributed by atoms with E-state index in [9.17, 15) is 14.4 Å². The van der Waals surface area contributed by atoms with Crippen LogP contribution in [0.3, 0.4) is 0 Å². The summed E-state index contributed by atoms with van der Waals surface area (Å²) in [6, 6.07) is 4.57. The number of carbonyl (C=O) groups excluding carboxylic acids is 1. The molecule has 0 bridgehead atoms. The van der Waals surface area contributed by atoms with Crippen LogP contribution in [-0.2, 0) is 9.59 Å². The van der Waals surface area contributed by atoms with Crippen molar-refractivity contribution in [1.82, 2.24) is 5.32 Å². The van der Waals surface area contributed by atoms with E-state index in [0.717, 1.165) is 0 Å². The van der Waals surface area contributed by atoms with Crippen molar-refractivity contribution in [2.24, 2.45) is 0 Å². The fraction of sp³-hybridized carbons (Fsp3) is 0.182. The Balaban J connectivity index is 2.82. The van der Waals surface area contributed by atoms with E-state index in [-0.39, 0.29) is 10.6 Å². The van der Waals surface area contributed by atoms with Crippen LogP contribution < -0.4 is 5.32 Å². The van der Waals surface area contributed by atoms with Gasteiger partial charge in [-0.1, -0.05) is 23.7 Å². The van der Waals surface area contributed by atoms with E-state index >= 15 is 0 Å². The fourth-order valence-corrected chi connectivity index (χ4v) is 1.48. The Labute approximate surface area is 107 Å². The quantitative estimate of drug-likeness (QED) is 0.741. The van der Waals surface area contributed by atoms with Crippen molar-refractivity contribution >= 4 is 29.4 Å². The number of carboxylic acid groups (broad SMARTS) is 2. The van der Waals surface area contributed by atoms with E-state index in [1.54, 1.807) is 12.1 Å². The van der Waals surface area contributed by atoms with Crippen molar-refractivity contribution in [2.45, 2.75) is 12.5 Å². The molecule has 1 aromatic carbocycles. The molecule has 6 nitrogen and oxygen atoms in total. The molecule has 96 valence electrons. The summed E-state index contributed by atoms with van der Waals surface area (Å²) in [5, 5.41) is 19.6. The number of halogens is 1. The van der Waals surface area contributed by atoms with Gasteiger partial charge in [0.1, 0.15) is 6.04 Å². The minimum Gasteiger partial charge on any atom is -0.481 e. The molecule has 1 aromatic rings. The lowest BCUT2D eigenvalue weighted by atomic mass is 10.1. The van der Waals surface area contributed by atoms with Crippen molar-refractivity contribution in [3.05, 3.63) is 34.9 Å². The average molecular weight is 272 g/mol. The summed E-state index contributed by atoms with van der Waals surface area (Å²) >= 11 is 5.76. The molecule has 3 N–H and O–H groups in total. The number of nitrogens with one attached hydrogen (secondary N) is 1. The summed E-state index contributed by atoms with van der Waals surface area (Å²) < 4.78 is 0. The van der Waals surface area contributed by atoms with Crippen LogP contribution in [-0.4, -0.2) is 34.1 Å². The lowest BCUT2D eigenvalue weighted by Gasteiger charge is -2.12. The summed E-state index contributed by atoms with van der Waals surface area (Å²) in [7, 11) is 0.